The first-order valence-corrected chi connectivity index (χ1v) is 6.30. The second-order valence-corrected chi connectivity index (χ2v) is 5.34. The highest BCUT2D eigenvalue weighted by Crippen LogP contribution is 2.18. The van der Waals surface area contributed by atoms with Crippen molar-refractivity contribution in [3.8, 4) is 0 Å². The van der Waals surface area contributed by atoms with Crippen LogP contribution in [0.2, 0.25) is 0 Å². The van der Waals surface area contributed by atoms with E-state index >= 15 is 0 Å². The molecule has 0 radical (unpaired) electrons. The fraction of sp³-hybridized carbons (Fsp3) is 1.00. The Labute approximate surface area is 84.0 Å². The molecule has 0 spiro atoms. The van der Waals surface area contributed by atoms with Gasteiger partial charge >= 0.3 is 0 Å². The van der Waals surface area contributed by atoms with Crippen LogP contribution in [0.4, 0.5) is 0 Å². The summed E-state index contributed by atoms with van der Waals surface area (Å²) >= 11 is 0. The Kier molecular flexibility index (Phi) is 2.76. The number of hydrogen-bond donors (Lipinski definition) is 3. The molecule has 2 rings (SSSR count). The van der Waals surface area contributed by atoms with Crippen molar-refractivity contribution in [3.63, 3.8) is 0 Å². The van der Waals surface area contributed by atoms with Crippen LogP contribution in [0.5, 0.6) is 0 Å². The molecular formula is C7H16N4O2S. The van der Waals surface area contributed by atoms with E-state index in [0.717, 1.165) is 13.1 Å². The molecule has 2 saturated heterocycles. The van der Waals surface area contributed by atoms with E-state index in [1.54, 1.807) is 0 Å². The predicted octanol–water partition coefficient (Wildman–Crippen LogP) is -2.32. The van der Waals surface area contributed by atoms with E-state index in [0.29, 0.717) is 25.6 Å². The average Bonchev–Trinajstić information content (AvgIpc) is 2.00. The van der Waals surface area contributed by atoms with Crippen molar-refractivity contribution in [2.24, 2.45) is 11.1 Å². The van der Waals surface area contributed by atoms with Crippen molar-refractivity contribution in [2.45, 2.75) is 6.04 Å². The quantitative estimate of drug-likeness (QED) is 0.488. The van der Waals surface area contributed by atoms with Crippen molar-refractivity contribution in [3.05, 3.63) is 0 Å². The zero-order valence-corrected chi connectivity index (χ0v) is 8.76. The smallest absolute Gasteiger partial charge is 0.277 e. The first-order valence-electron chi connectivity index (χ1n) is 4.80. The highest BCUT2D eigenvalue weighted by Gasteiger charge is 2.37. The van der Waals surface area contributed by atoms with E-state index in [-0.39, 0.29) is 6.04 Å². The minimum absolute atomic E-state index is 0.0278. The van der Waals surface area contributed by atoms with Crippen molar-refractivity contribution in [1.82, 2.24) is 14.9 Å². The third-order valence-electron chi connectivity index (χ3n) is 2.92. The number of nitrogens with two attached hydrogens (primary N) is 1. The molecular weight excluding hydrogens is 204 g/mol. The minimum Gasteiger partial charge on any atom is -0.316 e. The van der Waals surface area contributed by atoms with Gasteiger partial charge in [-0.1, -0.05) is 0 Å². The summed E-state index contributed by atoms with van der Waals surface area (Å²) in [4.78, 5) is 0. The predicted molar refractivity (Wildman–Crippen MR) is 52.8 cm³/mol. The van der Waals surface area contributed by atoms with Crippen LogP contribution in [-0.4, -0.2) is 51.5 Å². The number of piperazine rings is 1. The topological polar surface area (TPSA) is 87.5 Å². The maximum atomic E-state index is 11.3. The van der Waals surface area contributed by atoms with Crippen LogP contribution in [-0.2, 0) is 10.2 Å². The zero-order chi connectivity index (χ0) is 10.2. The van der Waals surface area contributed by atoms with Crippen LogP contribution in [0.25, 0.3) is 0 Å². The molecule has 14 heavy (non-hydrogen) atoms. The van der Waals surface area contributed by atoms with Crippen molar-refractivity contribution >= 4 is 10.2 Å². The lowest BCUT2D eigenvalue weighted by Crippen LogP contribution is -2.63. The largest absolute Gasteiger partial charge is 0.316 e. The Morgan fingerprint density at radius 3 is 2.43 bits per heavy atom. The Morgan fingerprint density at radius 1 is 1.21 bits per heavy atom. The van der Waals surface area contributed by atoms with Gasteiger partial charge in [0.15, 0.2) is 0 Å². The summed E-state index contributed by atoms with van der Waals surface area (Å²) in [5.74, 6) is 0.404. The molecule has 2 heterocycles. The van der Waals surface area contributed by atoms with Crippen molar-refractivity contribution < 1.29 is 8.42 Å². The van der Waals surface area contributed by atoms with Gasteiger partial charge in [0.05, 0.1) is 0 Å². The summed E-state index contributed by atoms with van der Waals surface area (Å²) in [5.41, 5.74) is 0. The maximum Gasteiger partial charge on any atom is 0.277 e. The lowest BCUT2D eigenvalue weighted by Gasteiger charge is -2.42. The third kappa shape index (κ3) is 1.91. The first kappa shape index (κ1) is 10.3. The highest BCUT2D eigenvalue weighted by atomic mass is 32.2. The van der Waals surface area contributed by atoms with E-state index < -0.39 is 10.2 Å². The molecule has 1 atom stereocenters. The molecule has 0 bridgehead atoms. The van der Waals surface area contributed by atoms with Gasteiger partial charge in [0.1, 0.15) is 0 Å². The van der Waals surface area contributed by atoms with Crippen LogP contribution < -0.4 is 15.8 Å². The standard InChI is InChI=1S/C7H16N4O2S/c8-14(12,13)11-2-1-9-5-7(11)6-3-10-4-6/h6-7,9-10H,1-5H2,(H2,8,12,13). The third-order valence-corrected chi connectivity index (χ3v) is 4.02. The van der Waals surface area contributed by atoms with Gasteiger partial charge in [-0.3, -0.25) is 0 Å². The van der Waals surface area contributed by atoms with Gasteiger partial charge in [0, 0.05) is 44.7 Å². The number of nitrogens with one attached hydrogen (secondary N) is 2. The van der Waals surface area contributed by atoms with E-state index in [9.17, 15) is 8.42 Å². The molecule has 0 saturated carbocycles. The Morgan fingerprint density at radius 2 is 1.93 bits per heavy atom. The van der Waals surface area contributed by atoms with Gasteiger partial charge in [-0.05, 0) is 0 Å². The lowest BCUT2D eigenvalue weighted by atomic mass is 9.93. The molecule has 2 aliphatic rings. The Balaban J connectivity index is 2.10. The molecule has 4 N–H and O–H groups in total. The molecule has 6 nitrogen and oxygen atoms in total. The molecule has 7 heteroatoms. The molecule has 0 aromatic heterocycles. The zero-order valence-electron chi connectivity index (χ0n) is 7.94. The molecule has 0 aliphatic carbocycles. The summed E-state index contributed by atoms with van der Waals surface area (Å²) in [6, 6.07) is 0.0278. The van der Waals surface area contributed by atoms with E-state index in [2.05, 4.69) is 10.6 Å². The first-order chi connectivity index (χ1) is 6.59. The number of rotatable bonds is 2. The second kappa shape index (κ2) is 3.74. The van der Waals surface area contributed by atoms with Gasteiger partial charge in [-0.15, -0.1) is 0 Å². The molecule has 2 aliphatic heterocycles. The van der Waals surface area contributed by atoms with Crippen LogP contribution >= 0.6 is 0 Å². The molecule has 0 aromatic rings. The van der Waals surface area contributed by atoms with Gasteiger partial charge in [0.25, 0.3) is 10.2 Å². The van der Waals surface area contributed by atoms with Crippen LogP contribution in [0, 0.1) is 5.92 Å². The summed E-state index contributed by atoms with van der Waals surface area (Å²) in [6.45, 7) is 3.66. The van der Waals surface area contributed by atoms with E-state index in [1.807, 2.05) is 0 Å². The summed E-state index contributed by atoms with van der Waals surface area (Å²) in [5, 5.41) is 11.5. The fourth-order valence-electron chi connectivity index (χ4n) is 2.01. The second-order valence-electron chi connectivity index (χ2n) is 3.85. The lowest BCUT2D eigenvalue weighted by molar-refractivity contribution is 0.155. The Hall–Kier alpha value is -0.210. The maximum absolute atomic E-state index is 11.3. The monoisotopic (exact) mass is 220 g/mol. The molecule has 2 fully saturated rings. The number of nitrogens with zero attached hydrogens (tertiary/aromatic N) is 1. The minimum atomic E-state index is -3.53. The van der Waals surface area contributed by atoms with Crippen LogP contribution in [0.3, 0.4) is 0 Å². The van der Waals surface area contributed by atoms with Gasteiger partial charge in [-0.2, -0.15) is 12.7 Å². The highest BCUT2D eigenvalue weighted by molar-refractivity contribution is 7.86. The van der Waals surface area contributed by atoms with E-state index in [1.165, 1.54) is 4.31 Å². The van der Waals surface area contributed by atoms with Crippen molar-refractivity contribution in [2.75, 3.05) is 32.7 Å². The molecule has 0 aromatic carbocycles. The van der Waals surface area contributed by atoms with Crippen LogP contribution in [0.1, 0.15) is 0 Å². The number of hydrogen-bond acceptors (Lipinski definition) is 4. The fourth-order valence-corrected chi connectivity index (χ4v) is 2.98. The molecule has 82 valence electrons. The SMILES string of the molecule is NS(=O)(=O)N1CCNCC1C1CNC1. The normalized spacial score (nSPS) is 31.4. The van der Waals surface area contributed by atoms with Gasteiger partial charge in [0.2, 0.25) is 0 Å². The molecule has 0 amide bonds. The van der Waals surface area contributed by atoms with Gasteiger partial charge < -0.3 is 10.6 Å². The summed E-state index contributed by atoms with van der Waals surface area (Å²) in [6.07, 6.45) is 0. The molecule has 1 unspecified atom stereocenters. The summed E-state index contributed by atoms with van der Waals surface area (Å²) in [7, 11) is -3.53. The van der Waals surface area contributed by atoms with E-state index in [4.69, 9.17) is 5.14 Å². The van der Waals surface area contributed by atoms with Gasteiger partial charge in [-0.25, -0.2) is 5.14 Å². The average molecular weight is 220 g/mol. The van der Waals surface area contributed by atoms with Crippen molar-refractivity contribution in [1.29, 1.82) is 0 Å². The van der Waals surface area contributed by atoms with Crippen LogP contribution in [0.15, 0.2) is 0 Å². The summed E-state index contributed by atoms with van der Waals surface area (Å²) < 4.78 is 24.0. The Bertz CT molecular complexity index is 301.